The number of aromatic nitrogens is 2. The molecule has 58 valence electrons. The molecular weight excluding hydrogens is 150 g/mol. The Morgan fingerprint density at radius 3 is 3.00 bits per heavy atom. The molecule has 2 heterocycles. The van der Waals surface area contributed by atoms with Crippen molar-refractivity contribution in [2.75, 3.05) is 0 Å². The molecular formula is C9H7N3. The Bertz CT molecular complexity index is 423. The zero-order valence-corrected chi connectivity index (χ0v) is 6.44. The fraction of sp³-hybridized carbons (Fsp3) is 0. The number of fused-ring (bicyclic) bond motifs is 1. The number of rotatable bonds is 1. The van der Waals surface area contributed by atoms with E-state index in [0.29, 0.717) is 11.5 Å². The van der Waals surface area contributed by atoms with E-state index < -0.39 is 0 Å². The van der Waals surface area contributed by atoms with E-state index in [4.69, 9.17) is 0 Å². The summed E-state index contributed by atoms with van der Waals surface area (Å²) in [5.41, 5.74) is 0.711. The van der Waals surface area contributed by atoms with Crippen LogP contribution in [0.3, 0.4) is 0 Å². The Kier molecular flexibility index (Phi) is 1.55. The molecule has 0 amide bonds. The minimum atomic E-state index is 0.612. The van der Waals surface area contributed by atoms with Gasteiger partial charge in [-0.3, -0.25) is 0 Å². The third kappa shape index (κ3) is 1.05. The minimum Gasteiger partial charge on any atom is -0.245 e. The maximum atomic E-state index is 4.15. The van der Waals surface area contributed by atoms with Gasteiger partial charge >= 0.3 is 0 Å². The van der Waals surface area contributed by atoms with E-state index in [1.54, 1.807) is 6.20 Å². The maximum absolute atomic E-state index is 4.15. The molecule has 0 spiro atoms. The van der Waals surface area contributed by atoms with Crippen molar-refractivity contribution in [2.24, 2.45) is 4.99 Å². The fourth-order valence-electron chi connectivity index (χ4n) is 1.03. The number of pyridine rings is 2. The van der Waals surface area contributed by atoms with Crippen molar-refractivity contribution in [2.45, 2.75) is 0 Å². The average molecular weight is 157 g/mol. The van der Waals surface area contributed by atoms with Gasteiger partial charge in [-0.1, -0.05) is 0 Å². The number of aliphatic imine (C=N–C) groups is 1. The molecule has 3 heteroatoms. The molecule has 2 rings (SSSR count). The fourth-order valence-corrected chi connectivity index (χ4v) is 1.03. The molecule has 0 saturated heterocycles. The van der Waals surface area contributed by atoms with Gasteiger partial charge in [-0.25, -0.2) is 15.0 Å². The second kappa shape index (κ2) is 2.70. The lowest BCUT2D eigenvalue weighted by Gasteiger charge is -1.95. The van der Waals surface area contributed by atoms with E-state index in [2.05, 4.69) is 21.7 Å². The molecule has 0 fully saturated rings. The Labute approximate surface area is 69.8 Å². The first-order chi connectivity index (χ1) is 5.90. The zero-order valence-electron chi connectivity index (χ0n) is 6.44. The van der Waals surface area contributed by atoms with E-state index in [1.165, 1.54) is 0 Å². The van der Waals surface area contributed by atoms with Gasteiger partial charge in [-0.05, 0) is 31.0 Å². The molecule has 0 aliphatic carbocycles. The van der Waals surface area contributed by atoms with E-state index in [9.17, 15) is 0 Å². The first-order valence-electron chi connectivity index (χ1n) is 3.58. The third-order valence-corrected chi connectivity index (χ3v) is 1.61. The molecule has 0 aliphatic heterocycles. The van der Waals surface area contributed by atoms with Gasteiger partial charge in [0.1, 0.15) is 0 Å². The molecule has 0 unspecified atom stereocenters. The zero-order chi connectivity index (χ0) is 8.39. The Hall–Kier alpha value is -1.77. The summed E-state index contributed by atoms with van der Waals surface area (Å²) < 4.78 is 0. The van der Waals surface area contributed by atoms with Crippen LogP contribution < -0.4 is 0 Å². The highest BCUT2D eigenvalue weighted by Gasteiger charge is 1.94. The van der Waals surface area contributed by atoms with Gasteiger partial charge in [-0.15, -0.1) is 0 Å². The molecule has 0 radical (unpaired) electrons. The predicted octanol–water partition coefficient (Wildman–Crippen LogP) is 1.96. The van der Waals surface area contributed by atoms with E-state index in [1.807, 2.05) is 24.3 Å². The van der Waals surface area contributed by atoms with Gasteiger partial charge in [0.25, 0.3) is 0 Å². The van der Waals surface area contributed by atoms with Crippen molar-refractivity contribution in [3.63, 3.8) is 0 Å². The Morgan fingerprint density at radius 1 is 1.25 bits per heavy atom. The monoisotopic (exact) mass is 157 g/mol. The topological polar surface area (TPSA) is 38.1 Å². The summed E-state index contributed by atoms with van der Waals surface area (Å²) >= 11 is 0. The van der Waals surface area contributed by atoms with Gasteiger partial charge in [0.2, 0.25) is 0 Å². The lowest BCUT2D eigenvalue weighted by molar-refractivity contribution is 1.26. The summed E-state index contributed by atoms with van der Waals surface area (Å²) in [5, 5.41) is 1.02. The molecule has 0 saturated carbocycles. The minimum absolute atomic E-state index is 0.612. The summed E-state index contributed by atoms with van der Waals surface area (Å²) in [6.45, 7) is 3.40. The largest absolute Gasteiger partial charge is 0.245 e. The number of nitrogens with zero attached hydrogens (tertiary/aromatic N) is 3. The summed E-state index contributed by atoms with van der Waals surface area (Å²) in [4.78, 5) is 12.0. The highest BCUT2D eigenvalue weighted by atomic mass is 14.9. The molecule has 2 aromatic rings. The van der Waals surface area contributed by atoms with Crippen molar-refractivity contribution < 1.29 is 0 Å². The molecule has 3 nitrogen and oxygen atoms in total. The first kappa shape index (κ1) is 6.91. The highest BCUT2D eigenvalue weighted by molar-refractivity contribution is 5.75. The summed E-state index contributed by atoms with van der Waals surface area (Å²) in [6.07, 6.45) is 1.71. The van der Waals surface area contributed by atoms with Crippen LogP contribution >= 0.6 is 0 Å². The van der Waals surface area contributed by atoms with Crippen LogP contribution in [0.2, 0.25) is 0 Å². The van der Waals surface area contributed by atoms with Gasteiger partial charge in [0.15, 0.2) is 11.5 Å². The summed E-state index contributed by atoms with van der Waals surface area (Å²) in [5.74, 6) is 0.612. The molecule has 2 aromatic heterocycles. The van der Waals surface area contributed by atoms with Gasteiger partial charge < -0.3 is 0 Å². The average Bonchev–Trinajstić information content (AvgIpc) is 2.17. The first-order valence-corrected chi connectivity index (χ1v) is 3.58. The summed E-state index contributed by atoms with van der Waals surface area (Å²) in [6, 6.07) is 7.59. The van der Waals surface area contributed by atoms with Crippen LogP contribution in [0.4, 0.5) is 5.82 Å². The van der Waals surface area contributed by atoms with E-state index in [-0.39, 0.29) is 0 Å². The van der Waals surface area contributed by atoms with Gasteiger partial charge in [0, 0.05) is 11.6 Å². The third-order valence-electron chi connectivity index (χ3n) is 1.61. The second-order valence-corrected chi connectivity index (χ2v) is 2.38. The molecule has 0 aromatic carbocycles. The Balaban J connectivity index is 2.75. The van der Waals surface area contributed by atoms with Crippen LogP contribution in [0.5, 0.6) is 0 Å². The Morgan fingerprint density at radius 2 is 2.17 bits per heavy atom. The normalized spacial score (nSPS) is 10.0. The van der Waals surface area contributed by atoms with Crippen molar-refractivity contribution in [3.8, 4) is 0 Å². The van der Waals surface area contributed by atoms with Crippen LogP contribution in [-0.4, -0.2) is 16.7 Å². The van der Waals surface area contributed by atoms with Crippen LogP contribution in [0, 0.1) is 0 Å². The van der Waals surface area contributed by atoms with Gasteiger partial charge in [0.05, 0.1) is 0 Å². The second-order valence-electron chi connectivity index (χ2n) is 2.38. The van der Waals surface area contributed by atoms with Crippen LogP contribution in [0.15, 0.2) is 35.5 Å². The SMILES string of the molecule is C=Nc1ccc2cccnc2n1. The van der Waals surface area contributed by atoms with Crippen LogP contribution in [-0.2, 0) is 0 Å². The number of hydrogen-bond acceptors (Lipinski definition) is 3. The predicted molar refractivity (Wildman–Crippen MR) is 48.7 cm³/mol. The standard InChI is InChI=1S/C9H7N3/c1-10-8-5-4-7-3-2-6-11-9(7)12-8/h2-6H,1H2. The van der Waals surface area contributed by atoms with Crippen molar-refractivity contribution >= 4 is 23.6 Å². The van der Waals surface area contributed by atoms with Gasteiger partial charge in [-0.2, -0.15) is 0 Å². The van der Waals surface area contributed by atoms with Crippen molar-refractivity contribution in [1.29, 1.82) is 0 Å². The molecule has 0 aliphatic rings. The molecule has 0 bridgehead atoms. The summed E-state index contributed by atoms with van der Waals surface area (Å²) in [7, 11) is 0. The maximum Gasteiger partial charge on any atom is 0.161 e. The number of hydrogen-bond donors (Lipinski definition) is 0. The van der Waals surface area contributed by atoms with Crippen molar-refractivity contribution in [1.82, 2.24) is 9.97 Å². The molecule has 0 atom stereocenters. The molecule has 12 heavy (non-hydrogen) atoms. The van der Waals surface area contributed by atoms with E-state index in [0.717, 1.165) is 5.39 Å². The van der Waals surface area contributed by atoms with Crippen LogP contribution in [0.1, 0.15) is 0 Å². The quantitative estimate of drug-likeness (QED) is 0.593. The van der Waals surface area contributed by atoms with E-state index >= 15 is 0 Å². The smallest absolute Gasteiger partial charge is 0.161 e. The molecule has 0 N–H and O–H groups in total. The lowest BCUT2D eigenvalue weighted by Crippen LogP contribution is -1.81. The lowest BCUT2D eigenvalue weighted by atomic mass is 10.3. The van der Waals surface area contributed by atoms with Crippen LogP contribution in [0.25, 0.3) is 11.0 Å². The highest BCUT2D eigenvalue weighted by Crippen LogP contribution is 2.13. The van der Waals surface area contributed by atoms with Crippen molar-refractivity contribution in [3.05, 3.63) is 30.5 Å².